The van der Waals surface area contributed by atoms with E-state index in [1.54, 1.807) is 0 Å². The number of carbonyl (C=O) groups is 1. The summed E-state index contributed by atoms with van der Waals surface area (Å²) in [5.74, 6) is -1.40. The molecule has 0 saturated heterocycles. The Labute approximate surface area is 94.5 Å². The Balaban J connectivity index is 2.73. The molecular weight excluding hydrogens is 268 g/mol. The molecule has 0 aliphatic rings. The highest BCUT2D eigenvalue weighted by molar-refractivity contribution is 9.09. The van der Waals surface area contributed by atoms with E-state index in [2.05, 4.69) is 15.9 Å². The number of aliphatic hydroxyl groups excluding tert-OH is 2. The smallest absolute Gasteiger partial charge is 0.371 e. The van der Waals surface area contributed by atoms with Crippen LogP contribution in [0.1, 0.15) is 28.8 Å². The van der Waals surface area contributed by atoms with Gasteiger partial charge in [0.05, 0.1) is 6.10 Å². The fourth-order valence-electron chi connectivity index (χ4n) is 1.09. The van der Waals surface area contributed by atoms with E-state index in [0.717, 1.165) is 0 Å². The molecule has 0 amide bonds. The van der Waals surface area contributed by atoms with Crippen molar-refractivity contribution in [3.05, 3.63) is 23.7 Å². The van der Waals surface area contributed by atoms with Gasteiger partial charge >= 0.3 is 5.97 Å². The molecule has 0 aliphatic heterocycles. The molecule has 6 heteroatoms. The molecule has 2 unspecified atom stereocenters. The zero-order valence-corrected chi connectivity index (χ0v) is 9.35. The maximum Gasteiger partial charge on any atom is 0.371 e. The maximum absolute atomic E-state index is 10.5. The number of carboxylic acid groups (broad SMARTS) is 1. The van der Waals surface area contributed by atoms with Crippen LogP contribution in [0, 0.1) is 0 Å². The van der Waals surface area contributed by atoms with Crippen LogP contribution in [0.4, 0.5) is 0 Å². The van der Waals surface area contributed by atoms with Gasteiger partial charge in [0, 0.05) is 5.33 Å². The molecule has 0 bridgehead atoms. The first kappa shape index (κ1) is 12.2. The van der Waals surface area contributed by atoms with Gasteiger partial charge in [0.2, 0.25) is 5.76 Å². The van der Waals surface area contributed by atoms with E-state index in [1.165, 1.54) is 12.1 Å². The molecule has 1 aromatic rings. The lowest BCUT2D eigenvalue weighted by Gasteiger charge is -2.13. The number of hydrogen-bond acceptors (Lipinski definition) is 4. The largest absolute Gasteiger partial charge is 0.475 e. The van der Waals surface area contributed by atoms with Crippen molar-refractivity contribution in [1.82, 2.24) is 0 Å². The van der Waals surface area contributed by atoms with E-state index in [9.17, 15) is 15.0 Å². The molecule has 0 aliphatic carbocycles. The predicted molar refractivity (Wildman–Crippen MR) is 55.0 cm³/mol. The summed E-state index contributed by atoms with van der Waals surface area (Å²) in [6.45, 7) is 0. The minimum atomic E-state index is -1.21. The average Bonchev–Trinajstić information content (AvgIpc) is 2.65. The predicted octanol–water partition coefficient (Wildman–Crippen LogP) is 1.16. The Morgan fingerprint density at radius 3 is 2.60 bits per heavy atom. The molecule has 5 nitrogen and oxygen atoms in total. The Morgan fingerprint density at radius 1 is 1.47 bits per heavy atom. The van der Waals surface area contributed by atoms with E-state index >= 15 is 0 Å². The van der Waals surface area contributed by atoms with Crippen LogP contribution < -0.4 is 0 Å². The Bertz CT molecular complexity index is 335. The molecule has 1 heterocycles. The Hall–Kier alpha value is -0.850. The van der Waals surface area contributed by atoms with Crippen LogP contribution in [0.15, 0.2) is 16.5 Å². The highest BCUT2D eigenvalue weighted by Crippen LogP contribution is 2.21. The van der Waals surface area contributed by atoms with Crippen molar-refractivity contribution in [2.75, 3.05) is 5.33 Å². The van der Waals surface area contributed by atoms with Crippen molar-refractivity contribution in [2.45, 2.75) is 18.6 Å². The summed E-state index contributed by atoms with van der Waals surface area (Å²) in [7, 11) is 0. The van der Waals surface area contributed by atoms with Crippen molar-refractivity contribution in [1.29, 1.82) is 0 Å². The van der Waals surface area contributed by atoms with Gasteiger partial charge in [0.15, 0.2) is 0 Å². The van der Waals surface area contributed by atoms with Gasteiger partial charge < -0.3 is 19.7 Å². The molecule has 1 aromatic heterocycles. The topological polar surface area (TPSA) is 90.9 Å². The summed E-state index contributed by atoms with van der Waals surface area (Å²) >= 11 is 3.12. The van der Waals surface area contributed by atoms with E-state index in [-0.39, 0.29) is 11.5 Å². The molecule has 84 valence electrons. The molecule has 0 fully saturated rings. The van der Waals surface area contributed by atoms with Gasteiger partial charge in [-0.3, -0.25) is 0 Å². The summed E-state index contributed by atoms with van der Waals surface area (Å²) < 4.78 is 4.85. The minimum absolute atomic E-state index is 0.0563. The van der Waals surface area contributed by atoms with Gasteiger partial charge in [-0.2, -0.15) is 0 Å². The van der Waals surface area contributed by atoms with Gasteiger partial charge in [-0.1, -0.05) is 15.9 Å². The summed E-state index contributed by atoms with van der Waals surface area (Å²) in [5, 5.41) is 28.1. The number of aliphatic hydroxyl groups is 2. The van der Waals surface area contributed by atoms with Crippen molar-refractivity contribution in [3.8, 4) is 0 Å². The second kappa shape index (κ2) is 5.29. The van der Waals surface area contributed by atoms with E-state index in [0.29, 0.717) is 11.8 Å². The molecule has 3 N–H and O–H groups in total. The lowest BCUT2D eigenvalue weighted by molar-refractivity contribution is 0.00362. The van der Waals surface area contributed by atoms with Crippen molar-refractivity contribution < 1.29 is 24.5 Å². The van der Waals surface area contributed by atoms with Crippen LogP contribution in [0.2, 0.25) is 0 Å². The van der Waals surface area contributed by atoms with Gasteiger partial charge in [0.1, 0.15) is 11.9 Å². The number of alkyl halides is 1. The monoisotopic (exact) mass is 278 g/mol. The van der Waals surface area contributed by atoms with Crippen LogP contribution in [0.5, 0.6) is 0 Å². The Morgan fingerprint density at radius 2 is 2.13 bits per heavy atom. The normalized spacial score (nSPS) is 14.9. The second-order valence-corrected chi connectivity index (χ2v) is 3.79. The third-order valence-corrected chi connectivity index (χ3v) is 2.36. The second-order valence-electron chi connectivity index (χ2n) is 3.00. The van der Waals surface area contributed by atoms with Gasteiger partial charge in [-0.05, 0) is 18.6 Å². The third-order valence-electron chi connectivity index (χ3n) is 1.90. The van der Waals surface area contributed by atoms with Gasteiger partial charge in [-0.25, -0.2) is 4.79 Å². The lowest BCUT2D eigenvalue weighted by atomic mass is 10.1. The number of furan rings is 1. The molecule has 1 rings (SSSR count). The quantitative estimate of drug-likeness (QED) is 0.703. The van der Waals surface area contributed by atoms with Gasteiger partial charge in [0.25, 0.3) is 0 Å². The van der Waals surface area contributed by atoms with Crippen LogP contribution in [0.3, 0.4) is 0 Å². The molecule has 15 heavy (non-hydrogen) atoms. The lowest BCUT2D eigenvalue weighted by Crippen LogP contribution is -2.18. The Kier molecular flexibility index (Phi) is 4.31. The number of rotatable bonds is 5. The zero-order chi connectivity index (χ0) is 11.4. The molecule has 0 radical (unpaired) electrons. The third kappa shape index (κ3) is 3.05. The standard InChI is InChI=1S/C9H11BrO5/c10-4-3-5(11)8(12)6-1-2-7(15-6)9(13)14/h1-2,5,8,11-12H,3-4H2,(H,13,14). The number of carboxylic acids is 1. The van der Waals surface area contributed by atoms with Crippen molar-refractivity contribution in [3.63, 3.8) is 0 Å². The fraction of sp³-hybridized carbons (Fsp3) is 0.444. The number of aromatic carboxylic acids is 1. The summed E-state index contributed by atoms with van der Waals surface area (Å²) in [6.07, 6.45) is -1.82. The summed E-state index contributed by atoms with van der Waals surface area (Å²) in [6, 6.07) is 2.58. The van der Waals surface area contributed by atoms with Crippen LogP contribution in [0.25, 0.3) is 0 Å². The molecule has 0 saturated carbocycles. The summed E-state index contributed by atoms with van der Waals surface area (Å²) in [4.78, 5) is 10.5. The maximum atomic E-state index is 10.5. The zero-order valence-electron chi connectivity index (χ0n) is 7.76. The van der Waals surface area contributed by atoms with Crippen molar-refractivity contribution >= 4 is 21.9 Å². The van der Waals surface area contributed by atoms with E-state index < -0.39 is 18.2 Å². The number of halogens is 1. The molecule has 2 atom stereocenters. The van der Waals surface area contributed by atoms with Crippen LogP contribution in [-0.4, -0.2) is 32.7 Å². The van der Waals surface area contributed by atoms with Gasteiger partial charge in [-0.15, -0.1) is 0 Å². The SMILES string of the molecule is O=C(O)c1ccc(C(O)C(O)CCBr)o1. The molecule has 0 aromatic carbocycles. The van der Waals surface area contributed by atoms with Crippen LogP contribution in [-0.2, 0) is 0 Å². The van der Waals surface area contributed by atoms with Crippen molar-refractivity contribution in [2.24, 2.45) is 0 Å². The highest BCUT2D eigenvalue weighted by atomic mass is 79.9. The summed E-state index contributed by atoms with van der Waals surface area (Å²) in [5.41, 5.74) is 0. The van der Waals surface area contributed by atoms with E-state index in [1.807, 2.05) is 0 Å². The average molecular weight is 279 g/mol. The first-order chi connectivity index (χ1) is 7.06. The highest BCUT2D eigenvalue weighted by Gasteiger charge is 2.22. The molecule has 0 spiro atoms. The van der Waals surface area contributed by atoms with E-state index in [4.69, 9.17) is 9.52 Å². The number of hydrogen-bond donors (Lipinski definition) is 3. The minimum Gasteiger partial charge on any atom is -0.475 e. The molecular formula is C9H11BrO5. The first-order valence-electron chi connectivity index (χ1n) is 4.31. The first-order valence-corrected chi connectivity index (χ1v) is 5.43. The van der Waals surface area contributed by atoms with Crippen LogP contribution >= 0.6 is 15.9 Å². The fourth-order valence-corrected chi connectivity index (χ4v) is 1.56.